The Balaban J connectivity index is 2.23. The molecule has 2 aromatic rings. The molecular weight excluding hydrogens is 284 g/mol. The van der Waals surface area contributed by atoms with Crippen LogP contribution in [0.4, 0.5) is 0 Å². The van der Waals surface area contributed by atoms with E-state index in [1.165, 1.54) is 6.20 Å². The molecule has 2 aromatic heterocycles. The van der Waals surface area contributed by atoms with Gasteiger partial charge in [-0.15, -0.1) is 0 Å². The van der Waals surface area contributed by atoms with Crippen molar-refractivity contribution in [1.29, 1.82) is 0 Å². The van der Waals surface area contributed by atoms with Gasteiger partial charge in [0.2, 0.25) is 10.0 Å². The van der Waals surface area contributed by atoms with E-state index >= 15 is 0 Å². The number of hydrogen-bond donors (Lipinski definition) is 4. The number of imidazole rings is 1. The molecule has 0 saturated carbocycles. The lowest BCUT2D eigenvalue weighted by Crippen LogP contribution is -2.28. The number of nitrogens with one attached hydrogen (secondary N) is 3. The van der Waals surface area contributed by atoms with Crippen molar-refractivity contribution >= 4 is 16.0 Å². The third-order valence-electron chi connectivity index (χ3n) is 2.75. The van der Waals surface area contributed by atoms with Crippen molar-refractivity contribution in [3.05, 3.63) is 36.2 Å². The minimum Gasteiger partial charge on any atom is -0.477 e. The van der Waals surface area contributed by atoms with E-state index in [1.807, 2.05) is 6.92 Å². The van der Waals surface area contributed by atoms with Gasteiger partial charge in [0.05, 0.1) is 6.04 Å². The van der Waals surface area contributed by atoms with E-state index in [-0.39, 0.29) is 10.6 Å². The molecule has 0 amide bonds. The number of aromatic nitrogens is 3. The summed E-state index contributed by atoms with van der Waals surface area (Å²) in [6, 6.07) is 0.567. The largest absolute Gasteiger partial charge is 0.477 e. The Morgan fingerprint density at radius 3 is 2.75 bits per heavy atom. The van der Waals surface area contributed by atoms with Crippen molar-refractivity contribution in [2.24, 2.45) is 0 Å². The van der Waals surface area contributed by atoms with Crippen LogP contribution in [0.15, 0.2) is 29.6 Å². The van der Waals surface area contributed by atoms with E-state index in [9.17, 15) is 13.2 Å². The van der Waals surface area contributed by atoms with Gasteiger partial charge in [0, 0.05) is 18.6 Å². The molecule has 8 nitrogen and oxygen atoms in total. The summed E-state index contributed by atoms with van der Waals surface area (Å²) in [6.45, 7) is 1.81. The molecule has 0 aromatic carbocycles. The van der Waals surface area contributed by atoms with Crippen LogP contribution in [-0.2, 0) is 10.0 Å². The topological polar surface area (TPSA) is 128 Å². The molecule has 108 valence electrons. The molecule has 0 spiro atoms. The van der Waals surface area contributed by atoms with Gasteiger partial charge in [0.25, 0.3) is 0 Å². The molecule has 1 atom stereocenters. The lowest BCUT2D eigenvalue weighted by atomic mass is 10.2. The third-order valence-corrected chi connectivity index (χ3v) is 4.20. The highest BCUT2D eigenvalue weighted by molar-refractivity contribution is 7.89. The van der Waals surface area contributed by atoms with Gasteiger partial charge >= 0.3 is 5.97 Å². The minimum absolute atomic E-state index is 0.125. The lowest BCUT2D eigenvalue weighted by Gasteiger charge is -2.14. The predicted molar refractivity (Wildman–Crippen MR) is 69.7 cm³/mol. The van der Waals surface area contributed by atoms with Crippen LogP contribution in [0.5, 0.6) is 0 Å². The highest BCUT2D eigenvalue weighted by Crippen LogP contribution is 2.17. The van der Waals surface area contributed by atoms with Crippen molar-refractivity contribution in [3.8, 4) is 0 Å². The molecule has 2 rings (SSSR count). The number of aromatic amines is 2. The fourth-order valence-corrected chi connectivity index (χ4v) is 2.98. The van der Waals surface area contributed by atoms with E-state index < -0.39 is 22.0 Å². The second-order valence-corrected chi connectivity index (χ2v) is 5.82. The number of nitrogens with zero attached hydrogens (tertiary/aromatic N) is 1. The smallest absolute Gasteiger partial charge is 0.352 e. The molecule has 2 heterocycles. The number of aromatic carboxylic acids is 1. The average Bonchev–Trinajstić information content (AvgIpc) is 3.06. The monoisotopic (exact) mass is 298 g/mol. The summed E-state index contributed by atoms with van der Waals surface area (Å²) in [4.78, 5) is 19.9. The van der Waals surface area contributed by atoms with Crippen LogP contribution < -0.4 is 4.72 Å². The van der Waals surface area contributed by atoms with Gasteiger partial charge in [-0.1, -0.05) is 6.92 Å². The molecule has 1 unspecified atom stereocenters. The Labute approximate surface area is 115 Å². The Bertz CT molecular complexity index is 690. The summed E-state index contributed by atoms with van der Waals surface area (Å²) in [5, 5.41) is 8.78. The third kappa shape index (κ3) is 2.89. The van der Waals surface area contributed by atoms with Crippen LogP contribution >= 0.6 is 0 Å². The maximum atomic E-state index is 12.2. The molecule has 0 bridgehead atoms. The Morgan fingerprint density at radius 2 is 2.25 bits per heavy atom. The van der Waals surface area contributed by atoms with Crippen molar-refractivity contribution in [3.63, 3.8) is 0 Å². The molecular formula is C11H14N4O4S. The van der Waals surface area contributed by atoms with Crippen molar-refractivity contribution in [2.45, 2.75) is 24.3 Å². The highest BCUT2D eigenvalue weighted by Gasteiger charge is 2.23. The number of hydrogen-bond acceptors (Lipinski definition) is 4. The van der Waals surface area contributed by atoms with Gasteiger partial charge in [-0.2, -0.15) is 0 Å². The number of carboxylic acids is 1. The number of H-pyrrole nitrogens is 2. The molecule has 20 heavy (non-hydrogen) atoms. The van der Waals surface area contributed by atoms with E-state index in [4.69, 9.17) is 5.11 Å². The van der Waals surface area contributed by atoms with Crippen LogP contribution in [0.2, 0.25) is 0 Å². The zero-order chi connectivity index (χ0) is 14.8. The van der Waals surface area contributed by atoms with Gasteiger partial charge in [0.15, 0.2) is 0 Å². The summed E-state index contributed by atoms with van der Waals surface area (Å²) in [5.41, 5.74) is -0.184. The fourth-order valence-electron chi connectivity index (χ4n) is 1.71. The SMILES string of the molecule is CCC(NS(=O)(=O)c1c[nH]c(C(=O)O)c1)c1ncc[nH]1. The zero-order valence-electron chi connectivity index (χ0n) is 10.6. The number of carbonyl (C=O) groups is 1. The summed E-state index contributed by atoms with van der Waals surface area (Å²) in [6.07, 6.45) is 4.78. The van der Waals surface area contributed by atoms with Crippen molar-refractivity contribution < 1.29 is 18.3 Å². The summed E-state index contributed by atoms with van der Waals surface area (Å²) < 4.78 is 26.8. The number of carboxylic acid groups (broad SMARTS) is 1. The highest BCUT2D eigenvalue weighted by atomic mass is 32.2. The number of sulfonamides is 1. The standard InChI is InChI=1S/C11H14N4O4S/c1-2-8(10-12-3-4-13-10)15-20(18,19)7-5-9(11(16)17)14-6-7/h3-6,8,14-15H,2H2,1H3,(H,12,13)(H,16,17). The Morgan fingerprint density at radius 1 is 1.50 bits per heavy atom. The van der Waals surface area contributed by atoms with E-state index in [2.05, 4.69) is 19.7 Å². The van der Waals surface area contributed by atoms with E-state index in [1.54, 1.807) is 6.20 Å². The summed E-state index contributed by atoms with van der Waals surface area (Å²) >= 11 is 0. The molecule has 0 fully saturated rings. The van der Waals surface area contributed by atoms with Crippen molar-refractivity contribution in [2.75, 3.05) is 0 Å². The molecule has 4 N–H and O–H groups in total. The Hall–Kier alpha value is -2.13. The second kappa shape index (κ2) is 5.47. The molecule has 0 aliphatic rings. The van der Waals surface area contributed by atoms with Gasteiger partial charge in [-0.05, 0) is 12.5 Å². The van der Waals surface area contributed by atoms with E-state index in [0.717, 1.165) is 12.3 Å². The summed E-state index contributed by atoms with van der Waals surface area (Å²) in [7, 11) is -3.81. The average molecular weight is 298 g/mol. The van der Waals surface area contributed by atoms with Crippen LogP contribution in [0.1, 0.15) is 35.7 Å². The Kier molecular flexibility index (Phi) is 3.91. The maximum Gasteiger partial charge on any atom is 0.352 e. The zero-order valence-corrected chi connectivity index (χ0v) is 11.4. The van der Waals surface area contributed by atoms with Gasteiger partial charge in [-0.25, -0.2) is 22.9 Å². The molecule has 9 heteroatoms. The summed E-state index contributed by atoms with van der Waals surface area (Å²) in [5.74, 6) is -0.713. The fraction of sp³-hybridized carbons (Fsp3) is 0.273. The molecule has 0 radical (unpaired) electrons. The maximum absolute atomic E-state index is 12.2. The first kappa shape index (κ1) is 14.3. The molecule has 0 aliphatic carbocycles. The van der Waals surface area contributed by atoms with Crippen LogP contribution in [0.3, 0.4) is 0 Å². The van der Waals surface area contributed by atoms with Gasteiger partial charge in [0.1, 0.15) is 16.4 Å². The van der Waals surface area contributed by atoms with Crippen LogP contribution in [-0.4, -0.2) is 34.4 Å². The molecule has 0 saturated heterocycles. The number of rotatable bonds is 6. The first-order valence-corrected chi connectivity index (χ1v) is 7.35. The quantitative estimate of drug-likeness (QED) is 0.629. The van der Waals surface area contributed by atoms with Crippen LogP contribution in [0, 0.1) is 0 Å². The lowest BCUT2D eigenvalue weighted by molar-refractivity contribution is 0.0691. The minimum atomic E-state index is -3.81. The second-order valence-electron chi connectivity index (χ2n) is 4.11. The first-order valence-electron chi connectivity index (χ1n) is 5.87. The normalized spacial score (nSPS) is 13.2. The predicted octanol–water partition coefficient (Wildman–Crippen LogP) is 0.866. The van der Waals surface area contributed by atoms with E-state index in [0.29, 0.717) is 12.2 Å². The van der Waals surface area contributed by atoms with Gasteiger partial charge < -0.3 is 15.1 Å². The van der Waals surface area contributed by atoms with Crippen LogP contribution in [0.25, 0.3) is 0 Å². The van der Waals surface area contributed by atoms with Crippen molar-refractivity contribution in [1.82, 2.24) is 19.7 Å². The van der Waals surface area contributed by atoms with Gasteiger partial charge in [-0.3, -0.25) is 0 Å². The first-order chi connectivity index (χ1) is 9.44. The molecule has 0 aliphatic heterocycles.